The van der Waals surface area contributed by atoms with Crippen molar-refractivity contribution in [1.82, 2.24) is 4.31 Å². The molecule has 0 rings (SSSR count). The van der Waals surface area contributed by atoms with Gasteiger partial charge in [-0.05, 0) is 18.4 Å². The Morgan fingerprint density at radius 2 is 1.94 bits per heavy atom. The molecule has 0 radical (unpaired) electrons. The summed E-state index contributed by atoms with van der Waals surface area (Å²) >= 11 is 0. The Bertz CT molecular complexity index is 365. The Labute approximate surface area is 109 Å². The molecule has 18 heavy (non-hydrogen) atoms. The molecular weight excluding hydrogens is 256 g/mol. The van der Waals surface area contributed by atoms with Gasteiger partial charge in [0.2, 0.25) is 10.0 Å². The fourth-order valence-electron chi connectivity index (χ4n) is 1.45. The van der Waals surface area contributed by atoms with Crippen LogP contribution in [0.15, 0.2) is 0 Å². The van der Waals surface area contributed by atoms with Crippen LogP contribution in [0.3, 0.4) is 0 Å². The summed E-state index contributed by atoms with van der Waals surface area (Å²) in [6.45, 7) is 6.76. The molecule has 7 heteroatoms. The molecular formula is C11H24N2O4S. The lowest BCUT2D eigenvalue weighted by atomic mass is 9.94. The maximum Gasteiger partial charge on any atom is 0.304 e. The smallest absolute Gasteiger partial charge is 0.304 e. The topological polar surface area (TPSA) is 101 Å². The number of sulfonamides is 1. The summed E-state index contributed by atoms with van der Waals surface area (Å²) in [5.74, 6) is -1.46. The molecule has 0 bridgehead atoms. The van der Waals surface area contributed by atoms with E-state index in [1.807, 2.05) is 20.8 Å². The zero-order valence-corrected chi connectivity index (χ0v) is 12.2. The second-order valence-electron chi connectivity index (χ2n) is 5.16. The first kappa shape index (κ1) is 17.3. The van der Waals surface area contributed by atoms with Crippen molar-refractivity contribution < 1.29 is 18.3 Å². The Morgan fingerprint density at radius 1 is 1.39 bits per heavy atom. The van der Waals surface area contributed by atoms with Gasteiger partial charge in [0.1, 0.15) is 0 Å². The molecule has 0 aliphatic carbocycles. The highest BCUT2D eigenvalue weighted by Gasteiger charge is 2.28. The molecule has 0 heterocycles. The fraction of sp³-hybridized carbons (Fsp3) is 0.909. The number of hydrogen-bond donors (Lipinski definition) is 2. The standard InChI is InChI=1S/C11H24N2O4S/c1-4-6-13(9-11(2,3)8-12)18(16,17)7-5-10(14)15/h4-9,12H2,1-3H3,(H,14,15). The predicted octanol–water partition coefficient (Wildman–Crippen LogP) is 0.488. The van der Waals surface area contributed by atoms with E-state index in [1.165, 1.54) is 4.31 Å². The molecule has 0 aliphatic rings. The number of nitrogens with zero attached hydrogens (tertiary/aromatic N) is 1. The third-order valence-corrected chi connectivity index (χ3v) is 4.42. The number of nitrogens with two attached hydrogens (primary N) is 1. The average molecular weight is 280 g/mol. The number of carboxylic acids is 1. The maximum absolute atomic E-state index is 12.0. The lowest BCUT2D eigenvalue weighted by Crippen LogP contribution is -2.43. The zero-order chi connectivity index (χ0) is 14.4. The first-order valence-electron chi connectivity index (χ1n) is 6.04. The molecule has 0 fully saturated rings. The van der Waals surface area contributed by atoms with Crippen LogP contribution in [0.25, 0.3) is 0 Å². The summed E-state index contributed by atoms with van der Waals surface area (Å²) in [6, 6.07) is 0. The highest BCUT2D eigenvalue weighted by Crippen LogP contribution is 2.18. The van der Waals surface area contributed by atoms with Crippen LogP contribution < -0.4 is 5.73 Å². The Balaban J connectivity index is 4.81. The van der Waals surface area contributed by atoms with Crippen molar-refractivity contribution >= 4 is 16.0 Å². The second-order valence-corrected chi connectivity index (χ2v) is 7.25. The Hall–Kier alpha value is -0.660. The molecule has 6 nitrogen and oxygen atoms in total. The van der Waals surface area contributed by atoms with E-state index in [2.05, 4.69) is 0 Å². The highest BCUT2D eigenvalue weighted by atomic mass is 32.2. The van der Waals surface area contributed by atoms with Crippen molar-refractivity contribution in [2.75, 3.05) is 25.4 Å². The summed E-state index contributed by atoms with van der Waals surface area (Å²) in [7, 11) is -3.53. The number of carboxylic acid groups (broad SMARTS) is 1. The molecule has 0 saturated heterocycles. The van der Waals surface area contributed by atoms with Crippen molar-refractivity contribution in [2.45, 2.75) is 33.6 Å². The van der Waals surface area contributed by atoms with Crippen molar-refractivity contribution in [3.8, 4) is 0 Å². The lowest BCUT2D eigenvalue weighted by Gasteiger charge is -2.30. The van der Waals surface area contributed by atoms with Gasteiger partial charge in [0.25, 0.3) is 0 Å². The van der Waals surface area contributed by atoms with E-state index in [-0.39, 0.29) is 17.6 Å². The van der Waals surface area contributed by atoms with Crippen LogP contribution in [0.2, 0.25) is 0 Å². The van der Waals surface area contributed by atoms with E-state index in [0.29, 0.717) is 26.1 Å². The number of aliphatic carboxylic acids is 1. The van der Waals surface area contributed by atoms with E-state index in [9.17, 15) is 13.2 Å². The fourth-order valence-corrected chi connectivity index (χ4v) is 3.15. The maximum atomic E-state index is 12.0. The average Bonchev–Trinajstić information content (AvgIpc) is 2.26. The molecule has 0 aromatic heterocycles. The van der Waals surface area contributed by atoms with Gasteiger partial charge in [0.05, 0.1) is 12.2 Å². The molecule has 3 N–H and O–H groups in total. The van der Waals surface area contributed by atoms with Crippen LogP contribution in [-0.4, -0.2) is 49.2 Å². The Kier molecular flexibility index (Phi) is 6.80. The van der Waals surface area contributed by atoms with E-state index in [1.54, 1.807) is 0 Å². The van der Waals surface area contributed by atoms with Gasteiger partial charge in [-0.3, -0.25) is 4.79 Å². The normalized spacial score (nSPS) is 12.9. The van der Waals surface area contributed by atoms with Crippen molar-refractivity contribution in [3.63, 3.8) is 0 Å². The van der Waals surface area contributed by atoms with Gasteiger partial charge < -0.3 is 10.8 Å². The molecule has 0 aliphatic heterocycles. The summed E-state index contributed by atoms with van der Waals surface area (Å²) in [4.78, 5) is 10.5. The molecule has 0 unspecified atom stereocenters. The van der Waals surface area contributed by atoms with Crippen molar-refractivity contribution in [1.29, 1.82) is 0 Å². The SMILES string of the molecule is CCCN(CC(C)(C)CN)S(=O)(=O)CCC(=O)O. The molecule has 0 saturated carbocycles. The largest absolute Gasteiger partial charge is 0.481 e. The minimum absolute atomic E-state index is 0.314. The predicted molar refractivity (Wildman–Crippen MR) is 70.7 cm³/mol. The van der Waals surface area contributed by atoms with Crippen LogP contribution in [0.5, 0.6) is 0 Å². The van der Waals surface area contributed by atoms with Crippen LogP contribution in [-0.2, 0) is 14.8 Å². The van der Waals surface area contributed by atoms with E-state index in [4.69, 9.17) is 10.8 Å². The summed E-state index contributed by atoms with van der Waals surface area (Å²) in [5, 5.41) is 8.56. The molecule has 0 spiro atoms. The van der Waals surface area contributed by atoms with E-state index >= 15 is 0 Å². The lowest BCUT2D eigenvalue weighted by molar-refractivity contribution is -0.136. The molecule has 0 atom stereocenters. The number of carbonyl (C=O) groups is 1. The van der Waals surface area contributed by atoms with Gasteiger partial charge in [-0.1, -0.05) is 20.8 Å². The molecule has 0 amide bonds. The van der Waals surface area contributed by atoms with Crippen LogP contribution in [0.4, 0.5) is 0 Å². The van der Waals surface area contributed by atoms with Crippen LogP contribution in [0, 0.1) is 5.41 Å². The van der Waals surface area contributed by atoms with Gasteiger partial charge in [0.15, 0.2) is 0 Å². The second kappa shape index (κ2) is 7.06. The zero-order valence-electron chi connectivity index (χ0n) is 11.3. The summed E-state index contributed by atoms with van der Waals surface area (Å²) in [5.41, 5.74) is 5.29. The number of rotatable bonds is 9. The van der Waals surface area contributed by atoms with E-state index < -0.39 is 16.0 Å². The molecule has 108 valence electrons. The number of hydrogen-bond acceptors (Lipinski definition) is 4. The Morgan fingerprint density at radius 3 is 2.33 bits per heavy atom. The quantitative estimate of drug-likeness (QED) is 0.640. The third-order valence-electron chi connectivity index (χ3n) is 2.60. The van der Waals surface area contributed by atoms with E-state index in [0.717, 1.165) is 0 Å². The van der Waals surface area contributed by atoms with Gasteiger partial charge >= 0.3 is 5.97 Å². The first-order valence-corrected chi connectivity index (χ1v) is 7.65. The van der Waals surface area contributed by atoms with Gasteiger partial charge in [-0.2, -0.15) is 0 Å². The summed E-state index contributed by atoms with van der Waals surface area (Å²) < 4.78 is 25.4. The first-order chi connectivity index (χ1) is 8.14. The monoisotopic (exact) mass is 280 g/mol. The van der Waals surface area contributed by atoms with Crippen LogP contribution >= 0.6 is 0 Å². The minimum Gasteiger partial charge on any atom is -0.481 e. The van der Waals surface area contributed by atoms with Crippen molar-refractivity contribution in [2.24, 2.45) is 11.1 Å². The van der Waals surface area contributed by atoms with Gasteiger partial charge in [0, 0.05) is 13.1 Å². The van der Waals surface area contributed by atoms with Gasteiger partial charge in [-0.15, -0.1) is 0 Å². The third kappa shape index (κ3) is 6.32. The summed E-state index contributed by atoms with van der Waals surface area (Å²) in [6.07, 6.45) is 0.318. The molecule has 0 aromatic rings. The van der Waals surface area contributed by atoms with Crippen LogP contribution in [0.1, 0.15) is 33.6 Å². The highest BCUT2D eigenvalue weighted by molar-refractivity contribution is 7.89. The molecule has 0 aromatic carbocycles. The van der Waals surface area contributed by atoms with Crippen molar-refractivity contribution in [3.05, 3.63) is 0 Å². The van der Waals surface area contributed by atoms with Gasteiger partial charge in [-0.25, -0.2) is 12.7 Å². The minimum atomic E-state index is -3.53.